The molecule has 1 N–H and O–H groups in total. The molecule has 2 rings (SSSR count). The van der Waals surface area contributed by atoms with Crippen LogP contribution in [0.15, 0.2) is 42.5 Å². The van der Waals surface area contributed by atoms with E-state index in [1.807, 2.05) is 43.3 Å². The first-order valence-corrected chi connectivity index (χ1v) is 8.64. The van der Waals surface area contributed by atoms with Crippen molar-refractivity contribution in [3.8, 4) is 11.5 Å². The topological polar surface area (TPSA) is 47.6 Å². The summed E-state index contributed by atoms with van der Waals surface area (Å²) in [7, 11) is 3.31. The predicted octanol–water partition coefficient (Wildman–Crippen LogP) is 4.21. The van der Waals surface area contributed by atoms with Gasteiger partial charge in [-0.3, -0.25) is 4.79 Å². The third-order valence-corrected chi connectivity index (χ3v) is 4.36. The Kier molecular flexibility index (Phi) is 6.87. The highest BCUT2D eigenvalue weighted by Crippen LogP contribution is 2.24. The number of benzene rings is 2. The molecule has 1 unspecified atom stereocenters. The summed E-state index contributed by atoms with van der Waals surface area (Å²) >= 11 is 0. The zero-order chi connectivity index (χ0) is 18.2. The van der Waals surface area contributed by atoms with E-state index in [1.54, 1.807) is 14.2 Å². The second-order valence-corrected chi connectivity index (χ2v) is 6.11. The van der Waals surface area contributed by atoms with Crippen molar-refractivity contribution < 1.29 is 14.3 Å². The summed E-state index contributed by atoms with van der Waals surface area (Å²) in [6.07, 6.45) is 2.03. The highest BCUT2D eigenvalue weighted by molar-refractivity contribution is 5.76. The zero-order valence-electron chi connectivity index (χ0n) is 15.5. The maximum Gasteiger partial charge on any atom is 0.220 e. The van der Waals surface area contributed by atoms with Gasteiger partial charge in [-0.1, -0.05) is 31.2 Å². The molecular formula is C21H27NO3. The summed E-state index contributed by atoms with van der Waals surface area (Å²) < 4.78 is 10.5. The number of ether oxygens (including phenoxy) is 2. The Morgan fingerprint density at radius 1 is 1.08 bits per heavy atom. The van der Waals surface area contributed by atoms with Crippen LogP contribution in [0, 0.1) is 6.92 Å². The molecule has 0 saturated carbocycles. The molecule has 0 bridgehead atoms. The van der Waals surface area contributed by atoms with Gasteiger partial charge < -0.3 is 14.8 Å². The first-order chi connectivity index (χ1) is 12.1. The molecule has 0 heterocycles. The summed E-state index contributed by atoms with van der Waals surface area (Å²) in [4.78, 5) is 12.3. The first-order valence-electron chi connectivity index (χ1n) is 8.64. The fraction of sp³-hybridized carbons (Fsp3) is 0.381. The number of methoxy groups -OCH3 is 2. The quantitative estimate of drug-likeness (QED) is 0.782. The SMILES string of the molecule is CCC(NC(=O)CCc1ccc(OC)cc1)c1ccc(OC)c(C)c1. The van der Waals surface area contributed by atoms with E-state index in [1.165, 1.54) is 0 Å². The molecule has 0 aliphatic rings. The van der Waals surface area contributed by atoms with Crippen molar-refractivity contribution in [2.45, 2.75) is 39.2 Å². The van der Waals surface area contributed by atoms with Gasteiger partial charge in [0.25, 0.3) is 0 Å². The fourth-order valence-corrected chi connectivity index (χ4v) is 2.86. The van der Waals surface area contributed by atoms with Gasteiger partial charge in [0.15, 0.2) is 0 Å². The van der Waals surface area contributed by atoms with Crippen molar-refractivity contribution in [3.63, 3.8) is 0 Å². The molecule has 2 aromatic carbocycles. The lowest BCUT2D eigenvalue weighted by Gasteiger charge is -2.19. The van der Waals surface area contributed by atoms with Gasteiger partial charge in [0.2, 0.25) is 5.91 Å². The van der Waals surface area contributed by atoms with Crippen molar-refractivity contribution >= 4 is 5.91 Å². The van der Waals surface area contributed by atoms with Crippen LogP contribution in [0.25, 0.3) is 0 Å². The van der Waals surface area contributed by atoms with Crippen molar-refractivity contribution in [2.75, 3.05) is 14.2 Å². The second kappa shape index (κ2) is 9.11. The van der Waals surface area contributed by atoms with Gasteiger partial charge in [0.05, 0.1) is 20.3 Å². The fourth-order valence-electron chi connectivity index (χ4n) is 2.86. The summed E-state index contributed by atoms with van der Waals surface area (Å²) in [5.74, 6) is 1.76. The smallest absolute Gasteiger partial charge is 0.220 e. The third-order valence-electron chi connectivity index (χ3n) is 4.36. The molecule has 2 aromatic rings. The first kappa shape index (κ1) is 18.8. The molecule has 0 aliphatic heterocycles. The van der Waals surface area contributed by atoms with Crippen molar-refractivity contribution in [1.29, 1.82) is 0 Å². The Bertz CT molecular complexity index is 695. The van der Waals surface area contributed by atoms with Crippen LogP contribution in [0.4, 0.5) is 0 Å². The Morgan fingerprint density at radius 2 is 1.80 bits per heavy atom. The lowest BCUT2D eigenvalue weighted by Crippen LogP contribution is -2.28. The van der Waals surface area contributed by atoms with Crippen LogP contribution in [0.3, 0.4) is 0 Å². The molecule has 0 aromatic heterocycles. The predicted molar refractivity (Wildman–Crippen MR) is 100 cm³/mol. The van der Waals surface area contributed by atoms with E-state index >= 15 is 0 Å². The highest BCUT2D eigenvalue weighted by Gasteiger charge is 2.14. The van der Waals surface area contributed by atoms with Gasteiger partial charge in [-0.15, -0.1) is 0 Å². The number of carbonyl (C=O) groups excluding carboxylic acids is 1. The highest BCUT2D eigenvalue weighted by atomic mass is 16.5. The lowest BCUT2D eigenvalue weighted by molar-refractivity contribution is -0.121. The van der Waals surface area contributed by atoms with Crippen molar-refractivity contribution in [1.82, 2.24) is 5.32 Å². The lowest BCUT2D eigenvalue weighted by atomic mass is 10.0. The van der Waals surface area contributed by atoms with Crippen LogP contribution in [0.2, 0.25) is 0 Å². The van der Waals surface area contributed by atoms with Crippen LogP contribution in [-0.4, -0.2) is 20.1 Å². The second-order valence-electron chi connectivity index (χ2n) is 6.11. The largest absolute Gasteiger partial charge is 0.497 e. The number of amides is 1. The monoisotopic (exact) mass is 341 g/mol. The van der Waals surface area contributed by atoms with Crippen LogP contribution in [0.5, 0.6) is 11.5 Å². The molecule has 0 radical (unpaired) electrons. The van der Waals surface area contributed by atoms with Crippen LogP contribution < -0.4 is 14.8 Å². The van der Waals surface area contributed by atoms with Gasteiger partial charge in [-0.25, -0.2) is 0 Å². The van der Waals surface area contributed by atoms with Gasteiger partial charge in [0.1, 0.15) is 11.5 Å². The molecule has 0 fully saturated rings. The minimum absolute atomic E-state index is 0.0213. The third kappa shape index (κ3) is 5.24. The van der Waals surface area contributed by atoms with Crippen LogP contribution in [-0.2, 0) is 11.2 Å². The van der Waals surface area contributed by atoms with Crippen molar-refractivity contribution in [2.24, 2.45) is 0 Å². The van der Waals surface area contributed by atoms with E-state index in [4.69, 9.17) is 9.47 Å². The number of hydrogen-bond acceptors (Lipinski definition) is 3. The average molecular weight is 341 g/mol. The summed E-state index contributed by atoms with van der Waals surface area (Å²) in [5.41, 5.74) is 3.31. The molecule has 4 nitrogen and oxygen atoms in total. The van der Waals surface area contributed by atoms with Gasteiger partial charge in [-0.05, 0) is 54.7 Å². The van der Waals surface area contributed by atoms with E-state index in [0.29, 0.717) is 12.8 Å². The zero-order valence-corrected chi connectivity index (χ0v) is 15.5. The van der Waals surface area contributed by atoms with E-state index < -0.39 is 0 Å². The molecule has 1 atom stereocenters. The van der Waals surface area contributed by atoms with E-state index in [9.17, 15) is 4.79 Å². The summed E-state index contributed by atoms with van der Waals surface area (Å²) in [6.45, 7) is 4.09. The van der Waals surface area contributed by atoms with E-state index in [-0.39, 0.29) is 11.9 Å². The number of rotatable bonds is 8. The number of aryl methyl sites for hydroxylation is 2. The van der Waals surface area contributed by atoms with Crippen LogP contribution in [0.1, 0.15) is 42.5 Å². The number of carbonyl (C=O) groups is 1. The average Bonchev–Trinajstić information content (AvgIpc) is 2.64. The molecule has 25 heavy (non-hydrogen) atoms. The van der Waals surface area contributed by atoms with Gasteiger partial charge >= 0.3 is 0 Å². The Morgan fingerprint density at radius 3 is 2.36 bits per heavy atom. The normalized spacial score (nSPS) is 11.7. The number of hydrogen-bond donors (Lipinski definition) is 1. The van der Waals surface area contributed by atoms with Crippen LogP contribution >= 0.6 is 0 Å². The molecule has 4 heteroatoms. The Hall–Kier alpha value is -2.49. The summed E-state index contributed by atoms with van der Waals surface area (Å²) in [6, 6.07) is 13.9. The minimum atomic E-state index is 0.0213. The standard InChI is InChI=1S/C21H27NO3/c1-5-19(17-9-12-20(25-4)15(2)14-17)22-21(23)13-8-16-6-10-18(24-3)11-7-16/h6-7,9-12,14,19H,5,8,13H2,1-4H3,(H,22,23). The summed E-state index contributed by atoms with van der Waals surface area (Å²) in [5, 5.41) is 3.14. The molecule has 134 valence electrons. The Labute approximate surface area is 150 Å². The van der Waals surface area contributed by atoms with E-state index in [2.05, 4.69) is 18.3 Å². The Balaban J connectivity index is 1.93. The molecule has 0 saturated heterocycles. The molecule has 0 spiro atoms. The maximum atomic E-state index is 12.3. The van der Waals surface area contributed by atoms with E-state index in [0.717, 1.165) is 34.6 Å². The molecule has 0 aliphatic carbocycles. The molecule has 1 amide bonds. The van der Waals surface area contributed by atoms with Gasteiger partial charge in [-0.2, -0.15) is 0 Å². The number of nitrogens with one attached hydrogen (secondary N) is 1. The maximum absolute atomic E-state index is 12.3. The minimum Gasteiger partial charge on any atom is -0.497 e. The molecular weight excluding hydrogens is 314 g/mol. The van der Waals surface area contributed by atoms with Crippen molar-refractivity contribution in [3.05, 3.63) is 59.2 Å². The van der Waals surface area contributed by atoms with Gasteiger partial charge in [0, 0.05) is 6.42 Å².